The summed E-state index contributed by atoms with van der Waals surface area (Å²) < 4.78 is 27.1. The molecule has 6 heteroatoms. The van der Waals surface area contributed by atoms with E-state index in [9.17, 15) is 4.39 Å². The molecule has 0 amide bonds. The van der Waals surface area contributed by atoms with E-state index in [1.807, 2.05) is 29.7 Å². The first-order chi connectivity index (χ1) is 12.2. The third-order valence-corrected chi connectivity index (χ3v) is 4.56. The molecule has 3 heterocycles. The lowest BCUT2D eigenvalue weighted by Gasteiger charge is -2.22. The number of hydrogen-bond acceptors (Lipinski definition) is 4. The molecule has 4 rings (SSSR count). The van der Waals surface area contributed by atoms with Crippen molar-refractivity contribution in [3.63, 3.8) is 0 Å². The monoisotopic (exact) mass is 341 g/mol. The summed E-state index contributed by atoms with van der Waals surface area (Å²) in [4.78, 5) is 0. The van der Waals surface area contributed by atoms with Gasteiger partial charge < -0.3 is 9.47 Å². The smallest absolute Gasteiger partial charge is 0.172 e. The quantitative estimate of drug-likeness (QED) is 0.727. The van der Waals surface area contributed by atoms with Crippen LogP contribution in [0.4, 0.5) is 4.39 Å². The first kappa shape index (κ1) is 16.0. The zero-order valence-corrected chi connectivity index (χ0v) is 14.1. The molecule has 0 radical (unpaired) electrons. The van der Waals surface area contributed by atoms with E-state index < -0.39 is 0 Å². The first-order valence-electron chi connectivity index (χ1n) is 8.52. The minimum absolute atomic E-state index is 0.322. The third-order valence-electron chi connectivity index (χ3n) is 4.56. The fourth-order valence-electron chi connectivity index (χ4n) is 3.10. The summed E-state index contributed by atoms with van der Waals surface area (Å²) in [6.07, 6.45) is 3.88. The number of rotatable bonds is 4. The molecule has 1 saturated heterocycles. The van der Waals surface area contributed by atoms with E-state index in [0.29, 0.717) is 29.7 Å². The van der Waals surface area contributed by atoms with Crippen LogP contribution >= 0.6 is 0 Å². The molecule has 0 spiro atoms. The summed E-state index contributed by atoms with van der Waals surface area (Å²) in [5.41, 5.74) is 2.44. The van der Waals surface area contributed by atoms with E-state index in [4.69, 9.17) is 9.47 Å². The van der Waals surface area contributed by atoms with Gasteiger partial charge in [-0.3, -0.25) is 4.40 Å². The minimum atomic E-state index is -0.322. The number of fused-ring (bicyclic) bond motifs is 1. The van der Waals surface area contributed by atoms with Crippen molar-refractivity contribution in [3.05, 3.63) is 47.9 Å². The highest BCUT2D eigenvalue weighted by atomic mass is 19.1. The molecule has 0 unspecified atom stereocenters. The van der Waals surface area contributed by atoms with Crippen LogP contribution in [0.5, 0.6) is 5.75 Å². The number of aryl methyl sites for hydroxylation is 1. The van der Waals surface area contributed by atoms with Gasteiger partial charge in [-0.05, 0) is 61.6 Å². The maximum Gasteiger partial charge on any atom is 0.172 e. The van der Waals surface area contributed by atoms with Crippen LogP contribution in [0.1, 0.15) is 18.4 Å². The molecule has 1 aliphatic rings. The number of halogens is 1. The predicted molar refractivity (Wildman–Crippen MR) is 92.2 cm³/mol. The predicted octanol–water partition coefficient (Wildman–Crippen LogP) is 3.65. The number of hydrogen-bond donors (Lipinski definition) is 0. The van der Waals surface area contributed by atoms with Crippen LogP contribution in [0.25, 0.3) is 17.0 Å². The normalized spacial score (nSPS) is 15.6. The fraction of sp³-hybridized carbons (Fsp3) is 0.368. The number of pyridine rings is 1. The molecule has 25 heavy (non-hydrogen) atoms. The first-order valence-corrected chi connectivity index (χ1v) is 8.52. The SMILES string of the molecule is Cc1ccn2c(-c3cc(F)ccc3OCC3CCOCC3)nnc2c1. The van der Waals surface area contributed by atoms with E-state index in [0.717, 1.165) is 37.3 Å². The second kappa shape index (κ2) is 6.80. The molecular weight excluding hydrogens is 321 g/mol. The molecule has 2 aromatic heterocycles. The Bertz CT molecular complexity index is 888. The number of nitrogens with zero attached hydrogens (tertiary/aromatic N) is 3. The second-order valence-electron chi connectivity index (χ2n) is 6.46. The van der Waals surface area contributed by atoms with Gasteiger partial charge in [0.05, 0.1) is 12.2 Å². The van der Waals surface area contributed by atoms with Gasteiger partial charge in [-0.25, -0.2) is 4.39 Å². The van der Waals surface area contributed by atoms with Gasteiger partial charge >= 0.3 is 0 Å². The van der Waals surface area contributed by atoms with Gasteiger partial charge in [-0.15, -0.1) is 10.2 Å². The van der Waals surface area contributed by atoms with Crippen LogP contribution in [-0.2, 0) is 4.74 Å². The zero-order valence-electron chi connectivity index (χ0n) is 14.1. The Morgan fingerprint density at radius 2 is 2.04 bits per heavy atom. The highest BCUT2D eigenvalue weighted by Crippen LogP contribution is 2.31. The lowest BCUT2D eigenvalue weighted by molar-refractivity contribution is 0.0498. The number of ether oxygens (including phenoxy) is 2. The van der Waals surface area contributed by atoms with Gasteiger partial charge in [-0.2, -0.15) is 0 Å². The van der Waals surface area contributed by atoms with Crippen molar-refractivity contribution < 1.29 is 13.9 Å². The van der Waals surface area contributed by atoms with E-state index >= 15 is 0 Å². The van der Waals surface area contributed by atoms with Crippen molar-refractivity contribution in [1.29, 1.82) is 0 Å². The molecule has 3 aromatic rings. The molecule has 1 aromatic carbocycles. The van der Waals surface area contributed by atoms with Gasteiger partial charge in [-0.1, -0.05) is 0 Å². The highest BCUT2D eigenvalue weighted by molar-refractivity contribution is 5.67. The Balaban J connectivity index is 1.66. The molecule has 0 saturated carbocycles. The average molecular weight is 341 g/mol. The van der Waals surface area contributed by atoms with Crippen LogP contribution in [0.3, 0.4) is 0 Å². The largest absolute Gasteiger partial charge is 0.493 e. The molecule has 0 bridgehead atoms. The van der Waals surface area contributed by atoms with Crippen LogP contribution in [0, 0.1) is 18.7 Å². The van der Waals surface area contributed by atoms with Gasteiger partial charge in [0, 0.05) is 19.4 Å². The van der Waals surface area contributed by atoms with Crippen molar-refractivity contribution in [2.75, 3.05) is 19.8 Å². The zero-order chi connectivity index (χ0) is 17.2. The Morgan fingerprint density at radius 1 is 1.20 bits per heavy atom. The van der Waals surface area contributed by atoms with E-state index in [2.05, 4.69) is 10.2 Å². The maximum absolute atomic E-state index is 13.9. The van der Waals surface area contributed by atoms with Crippen molar-refractivity contribution in [3.8, 4) is 17.1 Å². The molecule has 0 N–H and O–H groups in total. The highest BCUT2D eigenvalue weighted by Gasteiger charge is 2.18. The summed E-state index contributed by atoms with van der Waals surface area (Å²) in [6, 6.07) is 8.45. The van der Waals surface area contributed by atoms with Gasteiger partial charge in [0.2, 0.25) is 0 Å². The Morgan fingerprint density at radius 3 is 2.88 bits per heavy atom. The lowest BCUT2D eigenvalue weighted by atomic mass is 10.0. The van der Waals surface area contributed by atoms with Crippen molar-refractivity contribution >= 4 is 5.65 Å². The molecule has 130 valence electrons. The van der Waals surface area contributed by atoms with Crippen molar-refractivity contribution in [2.24, 2.45) is 5.92 Å². The molecule has 5 nitrogen and oxygen atoms in total. The molecule has 0 aliphatic carbocycles. The lowest BCUT2D eigenvalue weighted by Crippen LogP contribution is -2.21. The Labute approximate surface area is 145 Å². The van der Waals surface area contributed by atoms with Crippen LogP contribution in [0.2, 0.25) is 0 Å². The molecular formula is C19H20FN3O2. The summed E-state index contributed by atoms with van der Waals surface area (Å²) in [5.74, 6) is 1.35. The second-order valence-corrected chi connectivity index (χ2v) is 6.46. The molecule has 1 aliphatic heterocycles. The Kier molecular flexibility index (Phi) is 4.36. The van der Waals surface area contributed by atoms with Crippen LogP contribution in [-0.4, -0.2) is 34.4 Å². The van der Waals surface area contributed by atoms with Gasteiger partial charge in [0.15, 0.2) is 11.5 Å². The average Bonchev–Trinajstić information content (AvgIpc) is 3.04. The number of aromatic nitrogens is 3. The Hall–Kier alpha value is -2.47. The summed E-state index contributed by atoms with van der Waals surface area (Å²) in [7, 11) is 0. The molecule has 1 fully saturated rings. The van der Waals surface area contributed by atoms with Crippen molar-refractivity contribution in [1.82, 2.24) is 14.6 Å². The minimum Gasteiger partial charge on any atom is -0.493 e. The summed E-state index contributed by atoms with van der Waals surface area (Å²) >= 11 is 0. The van der Waals surface area contributed by atoms with E-state index in [1.165, 1.54) is 12.1 Å². The number of benzene rings is 1. The van der Waals surface area contributed by atoms with E-state index in [1.54, 1.807) is 6.07 Å². The van der Waals surface area contributed by atoms with Crippen molar-refractivity contribution in [2.45, 2.75) is 19.8 Å². The third kappa shape index (κ3) is 3.35. The summed E-state index contributed by atoms with van der Waals surface area (Å²) in [6.45, 7) is 4.15. The van der Waals surface area contributed by atoms with Gasteiger partial charge in [0.1, 0.15) is 11.6 Å². The topological polar surface area (TPSA) is 48.7 Å². The van der Waals surface area contributed by atoms with Crippen LogP contribution < -0.4 is 4.74 Å². The summed E-state index contributed by atoms with van der Waals surface area (Å²) in [5, 5.41) is 8.44. The maximum atomic E-state index is 13.9. The molecule has 0 atom stereocenters. The van der Waals surface area contributed by atoms with Crippen LogP contribution in [0.15, 0.2) is 36.5 Å². The van der Waals surface area contributed by atoms with Gasteiger partial charge in [0.25, 0.3) is 0 Å². The fourth-order valence-corrected chi connectivity index (χ4v) is 3.10. The standard InChI is InChI=1S/C19H20FN3O2/c1-13-4-7-23-18(10-13)21-22-19(23)16-11-15(20)2-3-17(16)25-12-14-5-8-24-9-6-14/h2-4,7,10-11,14H,5-6,8-9,12H2,1H3. The van der Waals surface area contributed by atoms with E-state index in [-0.39, 0.29) is 5.82 Å².